The van der Waals surface area contributed by atoms with Crippen molar-refractivity contribution in [1.82, 2.24) is 0 Å². The Balaban J connectivity index is 0.000000200. The van der Waals surface area contributed by atoms with Gasteiger partial charge in [0.15, 0.2) is 0 Å². The van der Waals surface area contributed by atoms with Crippen LogP contribution in [0.3, 0.4) is 0 Å². The highest BCUT2D eigenvalue weighted by Crippen LogP contribution is 2.53. The van der Waals surface area contributed by atoms with Crippen LogP contribution in [0.5, 0.6) is 0 Å². The molecule has 120 valence electrons. The first-order chi connectivity index (χ1) is 9.19. The second kappa shape index (κ2) is 6.84. The van der Waals surface area contributed by atoms with E-state index in [0.29, 0.717) is 0 Å². The summed E-state index contributed by atoms with van der Waals surface area (Å²) in [7, 11) is 0. The van der Waals surface area contributed by atoms with Crippen LogP contribution in [0, 0.1) is 34.5 Å². The third-order valence-corrected chi connectivity index (χ3v) is 7.17. The molecule has 20 heavy (non-hydrogen) atoms. The Morgan fingerprint density at radius 3 is 0.650 bits per heavy atom. The zero-order valence-electron chi connectivity index (χ0n) is 15.6. The van der Waals surface area contributed by atoms with E-state index in [0.717, 1.165) is 34.5 Å². The summed E-state index contributed by atoms with van der Waals surface area (Å²) in [5, 5.41) is 0. The Hall–Kier alpha value is 0. The van der Waals surface area contributed by atoms with E-state index >= 15 is 0 Å². The molecular weight excluding hydrogens is 240 g/mol. The smallest absolute Gasteiger partial charge is 0.0251 e. The third-order valence-electron chi connectivity index (χ3n) is 7.17. The van der Waals surface area contributed by atoms with E-state index in [9.17, 15) is 0 Å². The first kappa shape index (κ1) is 18.1. The highest BCUT2D eigenvalue weighted by molar-refractivity contribution is 4.93. The molecule has 0 bridgehead atoms. The predicted octanol–water partition coefficient (Wildman–Crippen LogP) is 6.94. The Morgan fingerprint density at radius 1 is 0.450 bits per heavy atom. The molecule has 0 aromatic heterocycles. The molecule has 0 saturated heterocycles. The van der Waals surface area contributed by atoms with E-state index < -0.39 is 0 Å². The monoisotopic (exact) mass is 280 g/mol. The standard InChI is InChI=1S/2C10H20/c2*1-8(2)10(9(3)4)6-5-7-10/h2*8-9H,5-7H2,1-4H3. The van der Waals surface area contributed by atoms with Crippen LogP contribution in [0.25, 0.3) is 0 Å². The normalized spacial score (nSPS) is 23.4. The largest absolute Gasteiger partial charge is 0.0622 e. The molecule has 2 fully saturated rings. The minimum absolute atomic E-state index is 0.722. The minimum atomic E-state index is 0.722. The Labute approximate surface area is 129 Å². The molecule has 0 heteroatoms. The van der Waals surface area contributed by atoms with Gasteiger partial charge in [-0.3, -0.25) is 0 Å². The molecular formula is C20H40. The summed E-state index contributed by atoms with van der Waals surface area (Å²) >= 11 is 0. The van der Waals surface area contributed by atoms with Gasteiger partial charge < -0.3 is 0 Å². The number of rotatable bonds is 4. The van der Waals surface area contributed by atoms with Crippen molar-refractivity contribution in [3.05, 3.63) is 0 Å². The van der Waals surface area contributed by atoms with Gasteiger partial charge in [-0.15, -0.1) is 0 Å². The van der Waals surface area contributed by atoms with E-state index in [1.165, 1.54) is 38.5 Å². The summed E-state index contributed by atoms with van der Waals surface area (Å²) in [6.07, 6.45) is 8.84. The summed E-state index contributed by atoms with van der Waals surface area (Å²) in [6.45, 7) is 19.0. The minimum Gasteiger partial charge on any atom is -0.0622 e. The van der Waals surface area contributed by atoms with E-state index in [2.05, 4.69) is 55.4 Å². The van der Waals surface area contributed by atoms with Gasteiger partial charge in [-0.25, -0.2) is 0 Å². The van der Waals surface area contributed by atoms with Crippen LogP contribution in [0.1, 0.15) is 93.9 Å². The van der Waals surface area contributed by atoms with Gasteiger partial charge in [0.1, 0.15) is 0 Å². The van der Waals surface area contributed by atoms with Crippen molar-refractivity contribution in [1.29, 1.82) is 0 Å². The van der Waals surface area contributed by atoms with Crippen LogP contribution in [0.2, 0.25) is 0 Å². The van der Waals surface area contributed by atoms with Gasteiger partial charge in [0.05, 0.1) is 0 Å². The molecule has 0 amide bonds. The molecule has 2 rings (SSSR count). The fourth-order valence-corrected chi connectivity index (χ4v) is 4.81. The number of hydrogen-bond donors (Lipinski definition) is 0. The van der Waals surface area contributed by atoms with E-state index in [4.69, 9.17) is 0 Å². The lowest BCUT2D eigenvalue weighted by Crippen LogP contribution is -2.39. The van der Waals surface area contributed by atoms with Crippen molar-refractivity contribution < 1.29 is 0 Å². The molecule has 0 aromatic rings. The Bertz CT molecular complexity index is 224. The molecule has 0 radical (unpaired) electrons. The van der Waals surface area contributed by atoms with Gasteiger partial charge >= 0.3 is 0 Å². The fourth-order valence-electron chi connectivity index (χ4n) is 4.81. The zero-order valence-corrected chi connectivity index (χ0v) is 15.6. The SMILES string of the molecule is CC(C)C1(C(C)C)CCC1.CC(C)C1(C(C)C)CCC1. The highest BCUT2D eigenvalue weighted by Gasteiger charge is 2.42. The lowest BCUT2D eigenvalue weighted by atomic mass is 9.56. The van der Waals surface area contributed by atoms with Gasteiger partial charge in [0.25, 0.3) is 0 Å². The van der Waals surface area contributed by atoms with Gasteiger partial charge in [-0.05, 0) is 60.2 Å². The van der Waals surface area contributed by atoms with E-state index in [1.807, 2.05) is 0 Å². The Morgan fingerprint density at radius 2 is 0.650 bits per heavy atom. The summed E-state index contributed by atoms with van der Waals surface area (Å²) in [5.74, 6) is 3.56. The first-order valence-electron chi connectivity index (χ1n) is 9.19. The topological polar surface area (TPSA) is 0 Å². The lowest BCUT2D eigenvalue weighted by molar-refractivity contribution is 0.0135. The maximum Gasteiger partial charge on any atom is -0.0251 e. The highest BCUT2D eigenvalue weighted by atomic mass is 14.5. The average Bonchev–Trinajstić information content (AvgIpc) is 2.10. The molecule has 2 aliphatic carbocycles. The third kappa shape index (κ3) is 3.25. The van der Waals surface area contributed by atoms with Crippen molar-refractivity contribution >= 4 is 0 Å². The quantitative estimate of drug-likeness (QED) is 0.523. The van der Waals surface area contributed by atoms with Crippen LogP contribution in [-0.4, -0.2) is 0 Å². The fraction of sp³-hybridized carbons (Fsp3) is 1.00. The second-order valence-electron chi connectivity index (χ2n) is 8.79. The van der Waals surface area contributed by atoms with Crippen molar-refractivity contribution in [2.45, 2.75) is 93.9 Å². The maximum atomic E-state index is 2.37. The van der Waals surface area contributed by atoms with Crippen LogP contribution < -0.4 is 0 Å². The molecule has 0 nitrogen and oxygen atoms in total. The van der Waals surface area contributed by atoms with Crippen LogP contribution >= 0.6 is 0 Å². The summed E-state index contributed by atoms with van der Waals surface area (Å²) in [4.78, 5) is 0. The molecule has 2 saturated carbocycles. The maximum absolute atomic E-state index is 2.37. The van der Waals surface area contributed by atoms with Crippen molar-refractivity contribution in [2.75, 3.05) is 0 Å². The van der Waals surface area contributed by atoms with E-state index in [1.54, 1.807) is 0 Å². The molecule has 0 spiro atoms. The van der Waals surface area contributed by atoms with Gasteiger partial charge in [0.2, 0.25) is 0 Å². The van der Waals surface area contributed by atoms with Gasteiger partial charge in [-0.1, -0.05) is 68.2 Å². The number of hydrogen-bond acceptors (Lipinski definition) is 0. The summed E-state index contributed by atoms with van der Waals surface area (Å²) in [6, 6.07) is 0. The van der Waals surface area contributed by atoms with Gasteiger partial charge in [0, 0.05) is 0 Å². The molecule has 2 aliphatic rings. The Kier molecular flexibility index (Phi) is 6.17. The molecule has 0 aromatic carbocycles. The van der Waals surface area contributed by atoms with Crippen LogP contribution in [0.4, 0.5) is 0 Å². The van der Waals surface area contributed by atoms with Crippen LogP contribution in [0.15, 0.2) is 0 Å². The van der Waals surface area contributed by atoms with Crippen molar-refractivity contribution in [3.8, 4) is 0 Å². The molecule has 0 heterocycles. The first-order valence-corrected chi connectivity index (χ1v) is 9.19. The van der Waals surface area contributed by atoms with Crippen molar-refractivity contribution in [2.24, 2.45) is 34.5 Å². The van der Waals surface area contributed by atoms with E-state index in [-0.39, 0.29) is 0 Å². The lowest BCUT2D eigenvalue weighted by Gasteiger charge is -2.49. The molecule has 0 atom stereocenters. The van der Waals surface area contributed by atoms with Crippen molar-refractivity contribution in [3.63, 3.8) is 0 Å². The van der Waals surface area contributed by atoms with Crippen LogP contribution in [-0.2, 0) is 0 Å². The summed E-state index contributed by atoms with van der Waals surface area (Å²) < 4.78 is 0. The molecule has 0 unspecified atom stereocenters. The second-order valence-corrected chi connectivity index (χ2v) is 8.79. The zero-order chi connectivity index (χ0) is 15.6. The average molecular weight is 281 g/mol. The molecule has 0 N–H and O–H groups in total. The molecule has 0 aliphatic heterocycles. The summed E-state index contributed by atoms with van der Waals surface area (Å²) in [5.41, 5.74) is 1.44. The predicted molar refractivity (Wildman–Crippen MR) is 91.9 cm³/mol. The van der Waals surface area contributed by atoms with Gasteiger partial charge in [-0.2, -0.15) is 0 Å².